The van der Waals surface area contributed by atoms with Crippen LogP contribution in [0.4, 0.5) is 11.5 Å². The lowest BCUT2D eigenvalue weighted by molar-refractivity contribution is 0.0827. The lowest BCUT2D eigenvalue weighted by Gasteiger charge is -2.13. The third kappa shape index (κ3) is 4.06. The summed E-state index contributed by atoms with van der Waals surface area (Å²) < 4.78 is 0. The summed E-state index contributed by atoms with van der Waals surface area (Å²) in [4.78, 5) is 25.0. The molecule has 4 rings (SSSR count). The Hall–Kier alpha value is -4.26. The number of carbonyl (C=O) groups is 2. The first-order valence-electron chi connectivity index (χ1n) is 9.68. The fraction of sp³-hybridized carbons (Fsp3) is 0.0833. The predicted octanol–water partition coefficient (Wildman–Crippen LogP) is 3.84. The Morgan fingerprint density at radius 1 is 0.806 bits per heavy atom. The van der Waals surface area contributed by atoms with E-state index in [0.717, 1.165) is 27.7 Å². The van der Waals surface area contributed by atoms with Gasteiger partial charge in [0.2, 0.25) is 5.91 Å². The predicted molar refractivity (Wildman–Crippen MR) is 121 cm³/mol. The number of hydrogen-bond acceptors (Lipinski definition) is 5. The minimum atomic E-state index is -0.473. The van der Waals surface area contributed by atoms with Crippen LogP contribution in [0.1, 0.15) is 20.7 Å². The Kier molecular flexibility index (Phi) is 5.32. The Bertz CT molecular complexity index is 1270. The maximum absolute atomic E-state index is 12.1. The number of aromatic nitrogens is 2. The van der Waals surface area contributed by atoms with Crippen molar-refractivity contribution >= 4 is 34.1 Å². The van der Waals surface area contributed by atoms with E-state index >= 15 is 0 Å². The molecular formula is C24H21N5O2. The topological polar surface area (TPSA) is 101 Å². The van der Waals surface area contributed by atoms with Gasteiger partial charge in [0, 0.05) is 47.2 Å². The minimum absolute atomic E-state index is 0.0515. The molecule has 0 aliphatic rings. The van der Waals surface area contributed by atoms with Gasteiger partial charge in [0.15, 0.2) is 5.82 Å². The summed E-state index contributed by atoms with van der Waals surface area (Å²) in [5.41, 5.74) is 8.72. The molecule has 4 aromatic rings. The van der Waals surface area contributed by atoms with E-state index in [1.165, 1.54) is 0 Å². The van der Waals surface area contributed by atoms with E-state index in [1.807, 2.05) is 36.4 Å². The molecule has 1 heterocycles. The van der Waals surface area contributed by atoms with Crippen LogP contribution in [-0.4, -0.2) is 41.0 Å². The molecule has 0 saturated carbocycles. The van der Waals surface area contributed by atoms with Gasteiger partial charge in [-0.2, -0.15) is 0 Å². The van der Waals surface area contributed by atoms with Crippen LogP contribution in [0.15, 0.2) is 72.8 Å². The zero-order chi connectivity index (χ0) is 22.0. The smallest absolute Gasteiger partial charge is 0.253 e. The van der Waals surface area contributed by atoms with Crippen molar-refractivity contribution in [1.82, 2.24) is 15.1 Å². The summed E-state index contributed by atoms with van der Waals surface area (Å²) in [5, 5.41) is 13.9. The number of hydrogen-bond donors (Lipinski definition) is 2. The number of carbonyl (C=O) groups excluding carboxylic acids is 2. The number of amides is 2. The summed E-state index contributed by atoms with van der Waals surface area (Å²) in [6.07, 6.45) is 0. The van der Waals surface area contributed by atoms with Crippen LogP contribution in [0, 0.1) is 0 Å². The van der Waals surface area contributed by atoms with Crippen molar-refractivity contribution in [3.63, 3.8) is 0 Å². The first-order valence-corrected chi connectivity index (χ1v) is 9.68. The van der Waals surface area contributed by atoms with Crippen LogP contribution in [0.3, 0.4) is 0 Å². The molecule has 2 amide bonds. The Morgan fingerprint density at radius 2 is 1.42 bits per heavy atom. The van der Waals surface area contributed by atoms with Crippen LogP contribution in [0.25, 0.3) is 22.0 Å². The summed E-state index contributed by atoms with van der Waals surface area (Å²) in [7, 11) is 3.45. The van der Waals surface area contributed by atoms with Gasteiger partial charge in [-0.1, -0.05) is 36.4 Å². The highest BCUT2D eigenvalue weighted by Gasteiger charge is 2.13. The first-order chi connectivity index (χ1) is 14.9. The fourth-order valence-corrected chi connectivity index (χ4v) is 3.29. The monoisotopic (exact) mass is 411 g/mol. The van der Waals surface area contributed by atoms with Gasteiger partial charge in [0.25, 0.3) is 5.91 Å². The quantitative estimate of drug-likeness (QED) is 0.520. The number of fused-ring (bicyclic) bond motifs is 1. The standard InChI is InChI=1S/C24H21N5O2/c1-29(2)24(31)17-9-7-15(8-10-17)21-19-5-3-4-6-20(19)23(28-27-21)26-18-13-11-16(12-14-18)22(25)30/h3-14H,1-2H3,(H2,25,30)(H,26,28). The maximum Gasteiger partial charge on any atom is 0.253 e. The number of rotatable bonds is 5. The molecule has 3 aromatic carbocycles. The maximum atomic E-state index is 12.1. The zero-order valence-electron chi connectivity index (χ0n) is 17.2. The number of nitrogens with one attached hydrogen (secondary N) is 1. The van der Waals surface area contributed by atoms with Crippen LogP contribution in [0.5, 0.6) is 0 Å². The average Bonchev–Trinajstić information content (AvgIpc) is 2.79. The normalized spacial score (nSPS) is 10.6. The highest BCUT2D eigenvalue weighted by Crippen LogP contribution is 2.31. The Morgan fingerprint density at radius 3 is 2.03 bits per heavy atom. The van der Waals surface area contributed by atoms with E-state index < -0.39 is 5.91 Å². The van der Waals surface area contributed by atoms with Crippen molar-refractivity contribution in [3.8, 4) is 11.3 Å². The van der Waals surface area contributed by atoms with E-state index in [9.17, 15) is 9.59 Å². The molecule has 0 fully saturated rings. The molecule has 0 radical (unpaired) electrons. The molecule has 0 unspecified atom stereocenters. The van der Waals surface area contributed by atoms with Gasteiger partial charge in [-0.3, -0.25) is 9.59 Å². The van der Waals surface area contributed by atoms with Gasteiger partial charge >= 0.3 is 0 Å². The second-order valence-electron chi connectivity index (χ2n) is 7.29. The number of benzene rings is 3. The van der Waals surface area contributed by atoms with Gasteiger partial charge in [-0.25, -0.2) is 0 Å². The summed E-state index contributed by atoms with van der Waals surface area (Å²) >= 11 is 0. The van der Waals surface area contributed by atoms with E-state index in [2.05, 4.69) is 15.5 Å². The lowest BCUT2D eigenvalue weighted by atomic mass is 10.0. The molecule has 3 N–H and O–H groups in total. The van der Waals surface area contributed by atoms with Gasteiger partial charge in [0.05, 0.1) is 0 Å². The highest BCUT2D eigenvalue weighted by molar-refractivity contribution is 6.01. The van der Waals surface area contributed by atoms with Crippen LogP contribution in [0.2, 0.25) is 0 Å². The van der Waals surface area contributed by atoms with E-state index in [4.69, 9.17) is 5.73 Å². The molecule has 154 valence electrons. The Balaban J connectivity index is 1.70. The van der Waals surface area contributed by atoms with Crippen molar-refractivity contribution in [3.05, 3.63) is 83.9 Å². The second-order valence-corrected chi connectivity index (χ2v) is 7.29. The van der Waals surface area contributed by atoms with Crippen LogP contribution < -0.4 is 11.1 Å². The molecule has 7 nitrogen and oxygen atoms in total. The molecule has 7 heteroatoms. The third-order valence-electron chi connectivity index (χ3n) is 4.93. The highest BCUT2D eigenvalue weighted by atomic mass is 16.2. The fourth-order valence-electron chi connectivity index (χ4n) is 3.29. The summed E-state index contributed by atoms with van der Waals surface area (Å²) in [6, 6.07) is 22.0. The molecule has 0 aliphatic heterocycles. The van der Waals surface area contributed by atoms with Gasteiger partial charge < -0.3 is 16.0 Å². The van der Waals surface area contributed by atoms with E-state index in [-0.39, 0.29) is 5.91 Å². The van der Waals surface area contributed by atoms with Gasteiger partial charge in [0.1, 0.15) is 5.69 Å². The van der Waals surface area contributed by atoms with E-state index in [1.54, 1.807) is 55.4 Å². The van der Waals surface area contributed by atoms with Crippen molar-refractivity contribution in [2.75, 3.05) is 19.4 Å². The Labute approximate surface area is 179 Å². The molecular weight excluding hydrogens is 390 g/mol. The number of nitrogens with zero attached hydrogens (tertiary/aromatic N) is 3. The van der Waals surface area contributed by atoms with Crippen LogP contribution >= 0.6 is 0 Å². The largest absolute Gasteiger partial charge is 0.366 e. The zero-order valence-corrected chi connectivity index (χ0v) is 17.2. The first kappa shape index (κ1) is 20.0. The number of primary amides is 1. The molecule has 31 heavy (non-hydrogen) atoms. The molecule has 0 saturated heterocycles. The number of nitrogens with two attached hydrogens (primary N) is 1. The minimum Gasteiger partial charge on any atom is -0.366 e. The molecule has 0 bridgehead atoms. The van der Waals surface area contributed by atoms with Crippen molar-refractivity contribution < 1.29 is 9.59 Å². The van der Waals surface area contributed by atoms with Gasteiger partial charge in [-0.15, -0.1) is 10.2 Å². The summed E-state index contributed by atoms with van der Waals surface area (Å²) in [6.45, 7) is 0. The van der Waals surface area contributed by atoms with Crippen molar-refractivity contribution in [2.45, 2.75) is 0 Å². The van der Waals surface area contributed by atoms with Crippen molar-refractivity contribution in [1.29, 1.82) is 0 Å². The second kappa shape index (κ2) is 8.23. The molecule has 1 aromatic heterocycles. The third-order valence-corrected chi connectivity index (χ3v) is 4.93. The molecule has 0 aliphatic carbocycles. The lowest BCUT2D eigenvalue weighted by Crippen LogP contribution is -2.21. The molecule has 0 atom stereocenters. The summed E-state index contributed by atoms with van der Waals surface area (Å²) in [5.74, 6) is 0.0782. The van der Waals surface area contributed by atoms with E-state index in [0.29, 0.717) is 16.9 Å². The molecule has 0 spiro atoms. The van der Waals surface area contributed by atoms with Crippen LogP contribution in [-0.2, 0) is 0 Å². The SMILES string of the molecule is CN(C)C(=O)c1ccc(-c2nnc(Nc3ccc(C(N)=O)cc3)c3ccccc23)cc1. The van der Waals surface area contributed by atoms with Crippen molar-refractivity contribution in [2.24, 2.45) is 5.73 Å². The van der Waals surface area contributed by atoms with Gasteiger partial charge in [-0.05, 0) is 36.4 Å². The average molecular weight is 411 g/mol. The number of anilines is 2.